The largest absolute Gasteiger partial charge is 0.310 e. The number of hydrogen-bond donors (Lipinski definition) is 0. The molecule has 6 nitrogen and oxygen atoms in total. The molecule has 0 aliphatic heterocycles. The molecule has 0 atom stereocenters. The molecule has 0 bridgehead atoms. The minimum absolute atomic E-state index is 0.00221. The van der Waals surface area contributed by atoms with Gasteiger partial charge in [0.2, 0.25) is 0 Å². The summed E-state index contributed by atoms with van der Waals surface area (Å²) in [7, 11) is 0. The van der Waals surface area contributed by atoms with E-state index in [1.165, 1.54) is 6.20 Å². The van der Waals surface area contributed by atoms with E-state index in [9.17, 15) is 10.1 Å². The lowest BCUT2D eigenvalue weighted by molar-refractivity contribution is -0.385. The molecule has 0 N–H and O–H groups in total. The second-order valence-corrected chi connectivity index (χ2v) is 4.82. The summed E-state index contributed by atoms with van der Waals surface area (Å²) in [6, 6.07) is 9.13. The van der Waals surface area contributed by atoms with Crippen LogP contribution in [0.5, 0.6) is 0 Å². The Kier molecular flexibility index (Phi) is 3.80. The maximum absolute atomic E-state index is 11.0. The van der Waals surface area contributed by atoms with E-state index in [0.717, 1.165) is 5.56 Å². The van der Waals surface area contributed by atoms with Crippen LogP contribution in [0.4, 0.5) is 5.69 Å². The van der Waals surface area contributed by atoms with Crippen molar-refractivity contribution in [2.24, 2.45) is 0 Å². The van der Waals surface area contributed by atoms with Crippen molar-refractivity contribution >= 4 is 5.69 Å². The molecule has 0 unspecified atom stereocenters. The first-order chi connectivity index (χ1) is 9.51. The van der Waals surface area contributed by atoms with Crippen LogP contribution < -0.4 is 0 Å². The van der Waals surface area contributed by atoms with Crippen LogP contribution in [0.3, 0.4) is 0 Å². The van der Waals surface area contributed by atoms with E-state index in [1.807, 2.05) is 32.0 Å². The summed E-state index contributed by atoms with van der Waals surface area (Å²) in [6.45, 7) is 4.20. The molecule has 2 aromatic rings. The van der Waals surface area contributed by atoms with Crippen LogP contribution in [-0.4, -0.2) is 14.7 Å². The molecule has 1 heterocycles. The fourth-order valence-electron chi connectivity index (χ4n) is 1.93. The summed E-state index contributed by atoms with van der Waals surface area (Å²) in [5.74, 6) is -0.00221. The minimum Gasteiger partial charge on any atom is -0.261 e. The standard InChI is InChI=1S/C14H14N4O2/c1-10(2)14-13(18(19)20)9-17(16-14)8-12-5-3-11(7-15)4-6-12/h3-6,9-10H,8H2,1-2H3. The lowest BCUT2D eigenvalue weighted by Gasteiger charge is -2.02. The van der Waals surface area contributed by atoms with Crippen LogP contribution in [0.15, 0.2) is 30.5 Å². The van der Waals surface area contributed by atoms with E-state index in [0.29, 0.717) is 17.8 Å². The average Bonchev–Trinajstić information content (AvgIpc) is 2.84. The number of rotatable bonds is 4. The van der Waals surface area contributed by atoms with Gasteiger partial charge in [-0.3, -0.25) is 14.8 Å². The van der Waals surface area contributed by atoms with Gasteiger partial charge in [0.1, 0.15) is 11.9 Å². The maximum atomic E-state index is 11.0. The Morgan fingerprint density at radius 3 is 2.50 bits per heavy atom. The van der Waals surface area contributed by atoms with E-state index in [2.05, 4.69) is 5.10 Å². The predicted molar refractivity (Wildman–Crippen MR) is 73.2 cm³/mol. The number of nitro groups is 1. The van der Waals surface area contributed by atoms with Crippen LogP contribution in [-0.2, 0) is 6.54 Å². The van der Waals surface area contributed by atoms with Gasteiger partial charge in [0.15, 0.2) is 0 Å². The molecule has 0 aliphatic carbocycles. The molecule has 0 saturated heterocycles. The first-order valence-electron chi connectivity index (χ1n) is 6.22. The maximum Gasteiger partial charge on any atom is 0.310 e. The van der Waals surface area contributed by atoms with Crippen molar-refractivity contribution in [2.75, 3.05) is 0 Å². The smallest absolute Gasteiger partial charge is 0.261 e. The molecule has 0 aliphatic rings. The molecule has 2 rings (SSSR count). The highest BCUT2D eigenvalue weighted by Crippen LogP contribution is 2.24. The van der Waals surface area contributed by atoms with Crippen molar-refractivity contribution in [1.29, 1.82) is 5.26 Å². The van der Waals surface area contributed by atoms with E-state index in [1.54, 1.807) is 16.8 Å². The van der Waals surface area contributed by atoms with Crippen molar-refractivity contribution in [2.45, 2.75) is 26.3 Å². The van der Waals surface area contributed by atoms with Crippen LogP contribution in [0.1, 0.15) is 36.6 Å². The molecule has 6 heteroatoms. The third kappa shape index (κ3) is 2.83. The fourth-order valence-corrected chi connectivity index (χ4v) is 1.93. The summed E-state index contributed by atoms with van der Waals surface area (Å²) in [4.78, 5) is 10.6. The number of nitriles is 1. The van der Waals surface area contributed by atoms with Crippen LogP contribution in [0.2, 0.25) is 0 Å². The first kappa shape index (κ1) is 13.7. The topological polar surface area (TPSA) is 84.8 Å². The van der Waals surface area contributed by atoms with E-state index in [4.69, 9.17) is 5.26 Å². The van der Waals surface area contributed by atoms with Gasteiger partial charge < -0.3 is 0 Å². The first-order valence-corrected chi connectivity index (χ1v) is 6.22. The van der Waals surface area contributed by atoms with Gasteiger partial charge in [-0.05, 0) is 17.7 Å². The zero-order valence-electron chi connectivity index (χ0n) is 11.3. The van der Waals surface area contributed by atoms with Gasteiger partial charge in [-0.1, -0.05) is 26.0 Å². The van der Waals surface area contributed by atoms with Crippen molar-refractivity contribution in [3.63, 3.8) is 0 Å². The molecular formula is C14H14N4O2. The van der Waals surface area contributed by atoms with Crippen molar-refractivity contribution in [3.05, 3.63) is 57.4 Å². The van der Waals surface area contributed by atoms with Crippen LogP contribution >= 0.6 is 0 Å². The van der Waals surface area contributed by atoms with Gasteiger partial charge in [0.05, 0.1) is 23.1 Å². The Bertz CT molecular complexity index is 665. The highest BCUT2D eigenvalue weighted by atomic mass is 16.6. The molecule has 102 valence electrons. The summed E-state index contributed by atoms with van der Waals surface area (Å²) < 4.78 is 1.56. The lowest BCUT2D eigenvalue weighted by Crippen LogP contribution is -2.01. The van der Waals surface area contributed by atoms with Gasteiger partial charge in [-0.25, -0.2) is 0 Å². The van der Waals surface area contributed by atoms with E-state index in [-0.39, 0.29) is 11.6 Å². The predicted octanol–water partition coefficient (Wildman–Crippen LogP) is 2.83. The molecule has 20 heavy (non-hydrogen) atoms. The van der Waals surface area contributed by atoms with Crippen molar-refractivity contribution < 1.29 is 4.92 Å². The Morgan fingerprint density at radius 2 is 2.05 bits per heavy atom. The zero-order valence-corrected chi connectivity index (χ0v) is 11.3. The Morgan fingerprint density at radius 1 is 1.40 bits per heavy atom. The Hall–Kier alpha value is -2.68. The normalized spacial score (nSPS) is 10.5. The van der Waals surface area contributed by atoms with Crippen LogP contribution in [0.25, 0.3) is 0 Å². The number of aromatic nitrogens is 2. The molecule has 1 aromatic heterocycles. The Labute approximate surface area is 116 Å². The summed E-state index contributed by atoms with van der Waals surface area (Å²) in [6.07, 6.45) is 1.45. The summed E-state index contributed by atoms with van der Waals surface area (Å²) in [5.41, 5.74) is 2.07. The number of hydrogen-bond acceptors (Lipinski definition) is 4. The van der Waals surface area contributed by atoms with Crippen molar-refractivity contribution in [3.8, 4) is 6.07 Å². The van der Waals surface area contributed by atoms with Crippen molar-refractivity contribution in [1.82, 2.24) is 9.78 Å². The van der Waals surface area contributed by atoms with Gasteiger partial charge in [0, 0.05) is 5.92 Å². The highest BCUT2D eigenvalue weighted by Gasteiger charge is 2.21. The fraction of sp³-hybridized carbons (Fsp3) is 0.286. The average molecular weight is 270 g/mol. The molecule has 0 amide bonds. The third-order valence-corrected chi connectivity index (χ3v) is 2.94. The zero-order chi connectivity index (χ0) is 14.7. The van der Waals surface area contributed by atoms with E-state index < -0.39 is 4.92 Å². The minimum atomic E-state index is -0.405. The molecule has 0 spiro atoms. The Balaban J connectivity index is 2.27. The number of benzene rings is 1. The summed E-state index contributed by atoms with van der Waals surface area (Å²) >= 11 is 0. The summed E-state index contributed by atoms with van der Waals surface area (Å²) in [5, 5.41) is 24.0. The molecule has 0 fully saturated rings. The lowest BCUT2D eigenvalue weighted by atomic mass is 10.1. The third-order valence-electron chi connectivity index (χ3n) is 2.94. The molecule has 0 saturated carbocycles. The SMILES string of the molecule is CC(C)c1nn(Cc2ccc(C#N)cc2)cc1[N+](=O)[O-]. The quantitative estimate of drug-likeness (QED) is 0.631. The number of nitrogens with zero attached hydrogens (tertiary/aromatic N) is 4. The van der Waals surface area contributed by atoms with Gasteiger partial charge >= 0.3 is 5.69 Å². The van der Waals surface area contributed by atoms with E-state index >= 15 is 0 Å². The second kappa shape index (κ2) is 5.53. The van der Waals surface area contributed by atoms with Crippen LogP contribution in [0, 0.1) is 21.4 Å². The molecule has 1 aromatic carbocycles. The van der Waals surface area contributed by atoms with Gasteiger partial charge in [0.25, 0.3) is 0 Å². The monoisotopic (exact) mass is 270 g/mol. The van der Waals surface area contributed by atoms with Gasteiger partial charge in [-0.15, -0.1) is 0 Å². The molecular weight excluding hydrogens is 256 g/mol. The van der Waals surface area contributed by atoms with Gasteiger partial charge in [-0.2, -0.15) is 10.4 Å². The highest BCUT2D eigenvalue weighted by molar-refractivity contribution is 5.36. The second-order valence-electron chi connectivity index (χ2n) is 4.82. The molecule has 0 radical (unpaired) electrons.